The van der Waals surface area contributed by atoms with Gasteiger partial charge in [0.15, 0.2) is 20.4 Å². The zero-order valence-electron chi connectivity index (χ0n) is 14.3. The Hall–Kier alpha value is -2.03. The fourth-order valence-electron chi connectivity index (χ4n) is 2.97. The van der Waals surface area contributed by atoms with E-state index in [0.717, 1.165) is 11.8 Å². The van der Waals surface area contributed by atoms with Crippen LogP contribution in [0.4, 0.5) is 5.69 Å². The number of nitrogens with zero attached hydrogens (tertiary/aromatic N) is 2. The summed E-state index contributed by atoms with van der Waals surface area (Å²) in [6.07, 6.45) is 4.60. The van der Waals surface area contributed by atoms with E-state index in [2.05, 4.69) is 20.6 Å². The van der Waals surface area contributed by atoms with Gasteiger partial charge in [-0.2, -0.15) is 0 Å². The molecule has 1 aromatic heterocycles. The van der Waals surface area contributed by atoms with Crippen LogP contribution in [0.15, 0.2) is 42.7 Å². The number of carbonyl (C=O) groups excluding carboxylic acids is 1. The van der Waals surface area contributed by atoms with Crippen molar-refractivity contribution >= 4 is 33.8 Å². The molecule has 0 unspecified atom stereocenters. The number of aromatic nitrogens is 2. The first-order valence-corrected chi connectivity index (χ1v) is 9.91. The van der Waals surface area contributed by atoms with Crippen LogP contribution in [0.5, 0.6) is 0 Å². The van der Waals surface area contributed by atoms with Gasteiger partial charge in [0.25, 0.3) is 0 Å². The summed E-state index contributed by atoms with van der Waals surface area (Å²) in [4.78, 5) is 21.2. The number of nitrogens with one attached hydrogen (secondary N) is 2. The maximum atomic E-state index is 12.7. The quantitative estimate of drug-likeness (QED) is 0.815. The molecule has 1 aliphatic heterocycles. The van der Waals surface area contributed by atoms with Gasteiger partial charge in [0.05, 0.1) is 18.1 Å². The molecule has 1 aliphatic rings. The van der Waals surface area contributed by atoms with E-state index in [0.29, 0.717) is 24.6 Å². The molecule has 0 aliphatic carbocycles. The maximum Gasteiger partial charge on any atom is 0.246 e. The van der Waals surface area contributed by atoms with Crippen molar-refractivity contribution in [3.05, 3.63) is 42.7 Å². The molecule has 2 aromatic rings. The molecule has 0 atom stereocenters. The smallest absolute Gasteiger partial charge is 0.246 e. The van der Waals surface area contributed by atoms with Crippen molar-refractivity contribution in [1.29, 1.82) is 0 Å². The lowest BCUT2D eigenvalue weighted by Gasteiger charge is -2.34. The molecule has 2 N–H and O–H groups in total. The molecule has 0 bridgehead atoms. The highest BCUT2D eigenvalue weighted by Gasteiger charge is 2.48. The maximum absolute atomic E-state index is 12.7. The van der Waals surface area contributed by atoms with Crippen LogP contribution in [0.2, 0.25) is 0 Å². The number of hydrogen-bond acceptors (Lipinski definition) is 6. The van der Waals surface area contributed by atoms with Crippen molar-refractivity contribution in [3.8, 4) is 11.4 Å². The molecule has 1 amide bonds. The summed E-state index contributed by atoms with van der Waals surface area (Å²) < 4.78 is 23.1. The van der Waals surface area contributed by atoms with Gasteiger partial charge in [0.1, 0.15) is 0 Å². The first kappa shape index (κ1) is 20.3. The van der Waals surface area contributed by atoms with Crippen LogP contribution in [-0.4, -0.2) is 48.4 Å². The van der Waals surface area contributed by atoms with Gasteiger partial charge in [-0.25, -0.2) is 18.4 Å². The Morgan fingerprint density at radius 3 is 2.23 bits per heavy atom. The van der Waals surface area contributed by atoms with Crippen LogP contribution in [0.25, 0.3) is 11.4 Å². The second-order valence-corrected chi connectivity index (χ2v) is 8.46. The lowest BCUT2D eigenvalue weighted by atomic mass is 9.96. The number of halogens is 1. The second-order valence-electron chi connectivity index (χ2n) is 6.13. The topological polar surface area (TPSA) is 101 Å². The number of rotatable bonds is 4. The van der Waals surface area contributed by atoms with Crippen molar-refractivity contribution in [2.45, 2.75) is 17.6 Å². The summed E-state index contributed by atoms with van der Waals surface area (Å²) in [5, 5.41) is 5.75. The van der Waals surface area contributed by atoms with Crippen LogP contribution in [0.3, 0.4) is 0 Å². The molecule has 7 nitrogen and oxygen atoms in total. The van der Waals surface area contributed by atoms with Gasteiger partial charge >= 0.3 is 0 Å². The summed E-state index contributed by atoms with van der Waals surface area (Å²) in [6, 6.07) is 9.47. The lowest BCUT2D eigenvalue weighted by molar-refractivity contribution is -0.119. The minimum absolute atomic E-state index is 0. The summed E-state index contributed by atoms with van der Waals surface area (Å²) in [5.74, 6) is 0.0193. The highest BCUT2D eigenvalue weighted by atomic mass is 35.5. The monoisotopic (exact) mass is 396 g/mol. The SMILES string of the molecule is CS(=O)(=O)C1(C(=O)Nc2cnc(-c3ccccc3)nc2)CCNCC1.Cl. The van der Waals surface area contributed by atoms with E-state index in [1.165, 1.54) is 12.4 Å². The number of benzene rings is 1. The number of anilines is 1. The van der Waals surface area contributed by atoms with Gasteiger partial charge in [0, 0.05) is 11.8 Å². The summed E-state index contributed by atoms with van der Waals surface area (Å²) in [5.41, 5.74) is 1.25. The largest absolute Gasteiger partial charge is 0.322 e. The third kappa shape index (κ3) is 4.03. The van der Waals surface area contributed by atoms with Gasteiger partial charge < -0.3 is 10.6 Å². The van der Waals surface area contributed by atoms with E-state index in [1.54, 1.807) is 0 Å². The van der Waals surface area contributed by atoms with E-state index >= 15 is 0 Å². The van der Waals surface area contributed by atoms with E-state index in [9.17, 15) is 13.2 Å². The minimum Gasteiger partial charge on any atom is -0.322 e. The Morgan fingerprint density at radius 1 is 1.12 bits per heavy atom. The van der Waals surface area contributed by atoms with E-state index in [-0.39, 0.29) is 25.2 Å². The molecule has 1 fully saturated rings. The average molecular weight is 397 g/mol. The first-order valence-electron chi connectivity index (χ1n) is 8.02. The number of carbonyl (C=O) groups is 1. The average Bonchev–Trinajstić information content (AvgIpc) is 2.63. The van der Waals surface area contributed by atoms with Crippen LogP contribution in [0, 0.1) is 0 Å². The molecule has 1 saturated heterocycles. The van der Waals surface area contributed by atoms with Gasteiger partial charge in [-0.05, 0) is 25.9 Å². The predicted octanol–water partition coefficient (Wildman–Crippen LogP) is 1.67. The van der Waals surface area contributed by atoms with Gasteiger partial charge in [0.2, 0.25) is 5.91 Å². The van der Waals surface area contributed by atoms with Gasteiger partial charge in [-0.15, -0.1) is 12.4 Å². The number of piperidine rings is 1. The lowest BCUT2D eigenvalue weighted by Crippen LogP contribution is -2.55. The van der Waals surface area contributed by atoms with Crippen molar-refractivity contribution in [3.63, 3.8) is 0 Å². The van der Waals surface area contributed by atoms with E-state index in [1.807, 2.05) is 30.3 Å². The molecule has 0 radical (unpaired) electrons. The number of sulfone groups is 1. The molecule has 2 heterocycles. The fourth-order valence-corrected chi connectivity index (χ4v) is 4.30. The van der Waals surface area contributed by atoms with Gasteiger partial charge in [-0.3, -0.25) is 4.79 Å². The third-order valence-corrected chi connectivity index (χ3v) is 6.49. The molecule has 9 heteroatoms. The zero-order chi connectivity index (χ0) is 17.9. The Bertz CT molecular complexity index is 851. The summed E-state index contributed by atoms with van der Waals surface area (Å²) >= 11 is 0. The second kappa shape index (κ2) is 8.11. The van der Waals surface area contributed by atoms with Crippen LogP contribution in [-0.2, 0) is 14.6 Å². The van der Waals surface area contributed by atoms with Crippen LogP contribution in [0.1, 0.15) is 12.8 Å². The highest BCUT2D eigenvalue weighted by molar-refractivity contribution is 7.92. The molecular formula is C17H21ClN4O3S. The Morgan fingerprint density at radius 2 is 1.69 bits per heavy atom. The summed E-state index contributed by atoms with van der Waals surface area (Å²) in [6.45, 7) is 0.980. The van der Waals surface area contributed by atoms with Crippen LogP contribution >= 0.6 is 12.4 Å². The van der Waals surface area contributed by atoms with Gasteiger partial charge in [-0.1, -0.05) is 30.3 Å². The Balaban J connectivity index is 0.00000243. The van der Waals surface area contributed by atoms with Crippen molar-refractivity contribution < 1.29 is 13.2 Å². The number of amides is 1. The van der Waals surface area contributed by atoms with E-state index in [4.69, 9.17) is 0 Å². The predicted molar refractivity (Wildman–Crippen MR) is 103 cm³/mol. The van der Waals surface area contributed by atoms with Crippen molar-refractivity contribution in [2.75, 3.05) is 24.7 Å². The van der Waals surface area contributed by atoms with Crippen LogP contribution < -0.4 is 10.6 Å². The minimum atomic E-state index is -3.55. The first-order chi connectivity index (χ1) is 11.9. The molecule has 140 valence electrons. The Labute approximate surface area is 159 Å². The fraction of sp³-hybridized carbons (Fsp3) is 0.353. The normalized spacial score (nSPS) is 16.3. The molecular weight excluding hydrogens is 376 g/mol. The summed E-state index contributed by atoms with van der Waals surface area (Å²) in [7, 11) is -3.55. The molecule has 0 spiro atoms. The highest BCUT2D eigenvalue weighted by Crippen LogP contribution is 2.29. The molecule has 1 aromatic carbocycles. The number of hydrogen-bond donors (Lipinski definition) is 2. The Kier molecular flexibility index (Phi) is 6.33. The standard InChI is InChI=1S/C17H20N4O3S.ClH/c1-25(23,24)17(7-9-18-10-8-17)16(22)21-14-11-19-15(20-12-14)13-5-3-2-4-6-13;/h2-6,11-12,18H,7-10H2,1H3,(H,21,22);1H. The molecule has 3 rings (SSSR count). The zero-order valence-corrected chi connectivity index (χ0v) is 15.9. The van der Waals surface area contributed by atoms with Crippen molar-refractivity contribution in [1.82, 2.24) is 15.3 Å². The molecule has 0 saturated carbocycles. The molecule has 26 heavy (non-hydrogen) atoms. The third-order valence-electron chi connectivity index (χ3n) is 4.48. The van der Waals surface area contributed by atoms with E-state index < -0.39 is 20.5 Å². The van der Waals surface area contributed by atoms with Crippen molar-refractivity contribution in [2.24, 2.45) is 0 Å².